The van der Waals surface area contributed by atoms with Gasteiger partial charge in [-0.2, -0.15) is 0 Å². The zero-order valence-electron chi connectivity index (χ0n) is 14.1. The van der Waals surface area contributed by atoms with Crippen LogP contribution in [0.2, 0.25) is 0 Å². The Hall–Kier alpha value is -3.53. The number of aromatic nitrogens is 1. The van der Waals surface area contributed by atoms with Crippen molar-refractivity contribution in [1.29, 1.82) is 0 Å². The first-order valence-electron chi connectivity index (χ1n) is 8.46. The first kappa shape index (κ1) is 16.0. The maximum Gasteiger partial charge on any atom is 0.228 e. The highest BCUT2D eigenvalue weighted by Crippen LogP contribution is 2.29. The molecule has 0 saturated carbocycles. The Morgan fingerprint density at radius 3 is 2.50 bits per heavy atom. The van der Waals surface area contributed by atoms with E-state index in [4.69, 9.17) is 4.74 Å². The molecule has 0 saturated heterocycles. The molecule has 1 amide bonds. The number of rotatable bonds is 5. The van der Waals surface area contributed by atoms with Crippen molar-refractivity contribution in [3.63, 3.8) is 0 Å². The molecule has 0 atom stereocenters. The van der Waals surface area contributed by atoms with Crippen LogP contribution in [0.1, 0.15) is 5.56 Å². The second-order valence-corrected chi connectivity index (χ2v) is 6.00. The predicted molar refractivity (Wildman–Crippen MR) is 104 cm³/mol. The van der Waals surface area contributed by atoms with E-state index in [1.165, 1.54) is 0 Å². The van der Waals surface area contributed by atoms with E-state index < -0.39 is 0 Å². The molecule has 4 rings (SSSR count). The van der Waals surface area contributed by atoms with Gasteiger partial charge in [0.25, 0.3) is 0 Å². The molecule has 0 aliphatic rings. The minimum Gasteiger partial charge on any atom is -0.455 e. The maximum absolute atomic E-state index is 12.5. The summed E-state index contributed by atoms with van der Waals surface area (Å²) in [6, 6.07) is 24.9. The molecule has 26 heavy (non-hydrogen) atoms. The van der Waals surface area contributed by atoms with E-state index >= 15 is 0 Å². The fraction of sp³-hybridized carbons (Fsp3) is 0.0455. The van der Waals surface area contributed by atoms with Crippen molar-refractivity contribution in [3.8, 4) is 11.5 Å². The number of benzene rings is 3. The quantitative estimate of drug-likeness (QED) is 0.527. The summed E-state index contributed by atoms with van der Waals surface area (Å²) >= 11 is 0. The molecule has 128 valence electrons. The highest BCUT2D eigenvalue weighted by atomic mass is 16.5. The fourth-order valence-corrected chi connectivity index (χ4v) is 2.92. The van der Waals surface area contributed by atoms with Crippen molar-refractivity contribution in [3.05, 3.63) is 90.6 Å². The number of amides is 1. The lowest BCUT2D eigenvalue weighted by Crippen LogP contribution is -2.14. The number of carbonyl (C=O) groups excluding carboxylic acids is 1. The van der Waals surface area contributed by atoms with Gasteiger partial charge in [0, 0.05) is 17.1 Å². The Labute approximate surface area is 151 Å². The number of fused-ring (bicyclic) bond motifs is 1. The lowest BCUT2D eigenvalue weighted by atomic mass is 10.1. The number of hydrogen-bond acceptors (Lipinski definition) is 2. The molecule has 0 aliphatic heterocycles. The minimum atomic E-state index is -0.0844. The predicted octanol–water partition coefficient (Wildman–Crippen LogP) is 5.14. The van der Waals surface area contributed by atoms with Gasteiger partial charge in [-0.1, -0.05) is 48.5 Å². The number of H-pyrrole nitrogens is 1. The third kappa shape index (κ3) is 3.44. The summed E-state index contributed by atoms with van der Waals surface area (Å²) in [5.41, 5.74) is 2.66. The third-order valence-corrected chi connectivity index (χ3v) is 4.16. The number of hydrogen-bond donors (Lipinski definition) is 2. The molecule has 0 unspecified atom stereocenters. The average Bonchev–Trinajstić information content (AvgIpc) is 3.07. The normalized spacial score (nSPS) is 10.6. The van der Waals surface area contributed by atoms with Crippen LogP contribution in [0.25, 0.3) is 10.9 Å². The molecule has 0 spiro atoms. The van der Waals surface area contributed by atoms with Crippen LogP contribution in [-0.4, -0.2) is 10.9 Å². The molecule has 3 aromatic carbocycles. The van der Waals surface area contributed by atoms with E-state index in [1.54, 1.807) is 0 Å². The van der Waals surface area contributed by atoms with Gasteiger partial charge >= 0.3 is 0 Å². The van der Waals surface area contributed by atoms with E-state index in [0.717, 1.165) is 22.2 Å². The SMILES string of the molecule is O=C(Cc1c[nH]c2ccccc12)Nc1ccccc1Oc1ccccc1. The van der Waals surface area contributed by atoms with E-state index in [9.17, 15) is 4.79 Å². The monoisotopic (exact) mass is 342 g/mol. The van der Waals surface area contributed by atoms with Gasteiger partial charge in [0.2, 0.25) is 5.91 Å². The largest absolute Gasteiger partial charge is 0.455 e. The highest BCUT2D eigenvalue weighted by Gasteiger charge is 2.11. The number of ether oxygens (including phenoxy) is 1. The van der Waals surface area contributed by atoms with E-state index in [0.29, 0.717) is 17.9 Å². The minimum absolute atomic E-state index is 0.0844. The van der Waals surface area contributed by atoms with E-state index in [1.807, 2.05) is 85.1 Å². The van der Waals surface area contributed by atoms with Gasteiger partial charge < -0.3 is 15.0 Å². The molecule has 4 aromatic rings. The number of aromatic amines is 1. The second-order valence-electron chi connectivity index (χ2n) is 6.00. The summed E-state index contributed by atoms with van der Waals surface area (Å²) in [5, 5.41) is 4.02. The van der Waals surface area contributed by atoms with Gasteiger partial charge in [-0.25, -0.2) is 0 Å². The van der Waals surface area contributed by atoms with E-state index in [2.05, 4.69) is 10.3 Å². The van der Waals surface area contributed by atoms with Crippen LogP contribution in [0.5, 0.6) is 11.5 Å². The summed E-state index contributed by atoms with van der Waals surface area (Å²) in [7, 11) is 0. The molecule has 0 fully saturated rings. The van der Waals surface area contributed by atoms with Crippen LogP contribution in [-0.2, 0) is 11.2 Å². The molecule has 1 heterocycles. The first-order chi connectivity index (χ1) is 12.8. The molecule has 1 aromatic heterocycles. The van der Waals surface area contributed by atoms with Crippen molar-refractivity contribution in [1.82, 2.24) is 4.98 Å². The van der Waals surface area contributed by atoms with Gasteiger partial charge in [-0.3, -0.25) is 4.79 Å². The van der Waals surface area contributed by atoms with E-state index in [-0.39, 0.29) is 5.91 Å². The second kappa shape index (κ2) is 7.15. The number of anilines is 1. The molecular weight excluding hydrogens is 324 g/mol. The molecule has 0 bridgehead atoms. The number of nitrogens with one attached hydrogen (secondary N) is 2. The van der Waals surface area contributed by atoms with Crippen molar-refractivity contribution in [2.75, 3.05) is 5.32 Å². The average molecular weight is 342 g/mol. The number of para-hydroxylation sites is 4. The molecule has 2 N–H and O–H groups in total. The third-order valence-electron chi connectivity index (χ3n) is 4.16. The van der Waals surface area contributed by atoms with Crippen molar-refractivity contribution in [2.45, 2.75) is 6.42 Å². The lowest BCUT2D eigenvalue weighted by molar-refractivity contribution is -0.115. The molecule has 0 radical (unpaired) electrons. The summed E-state index contributed by atoms with van der Waals surface area (Å²) in [5.74, 6) is 1.26. The zero-order chi connectivity index (χ0) is 17.8. The molecule has 4 heteroatoms. The van der Waals surface area contributed by atoms with Crippen LogP contribution in [0.4, 0.5) is 5.69 Å². The van der Waals surface area contributed by atoms with Crippen LogP contribution >= 0.6 is 0 Å². The summed E-state index contributed by atoms with van der Waals surface area (Å²) in [6.45, 7) is 0. The number of carbonyl (C=O) groups is 1. The topological polar surface area (TPSA) is 54.1 Å². The van der Waals surface area contributed by atoms with Crippen LogP contribution in [0, 0.1) is 0 Å². The van der Waals surface area contributed by atoms with Gasteiger partial charge in [0.05, 0.1) is 12.1 Å². The Bertz CT molecular complexity index is 1040. The van der Waals surface area contributed by atoms with Gasteiger partial charge in [0.1, 0.15) is 5.75 Å². The van der Waals surface area contributed by atoms with Crippen molar-refractivity contribution < 1.29 is 9.53 Å². The summed E-state index contributed by atoms with van der Waals surface area (Å²) in [4.78, 5) is 15.7. The Balaban J connectivity index is 1.51. The summed E-state index contributed by atoms with van der Waals surface area (Å²) in [6.07, 6.45) is 2.18. The lowest BCUT2D eigenvalue weighted by Gasteiger charge is -2.12. The van der Waals surface area contributed by atoms with Crippen LogP contribution in [0.3, 0.4) is 0 Å². The molecule has 4 nitrogen and oxygen atoms in total. The fourth-order valence-electron chi connectivity index (χ4n) is 2.92. The van der Waals surface area contributed by atoms with Gasteiger partial charge in [-0.05, 0) is 35.9 Å². The summed E-state index contributed by atoms with van der Waals surface area (Å²) < 4.78 is 5.89. The maximum atomic E-state index is 12.5. The Morgan fingerprint density at radius 1 is 0.885 bits per heavy atom. The standard InChI is InChI=1S/C22H18N2O2/c25-22(14-16-15-23-19-11-5-4-10-18(16)19)24-20-12-6-7-13-21(20)26-17-8-2-1-3-9-17/h1-13,15,23H,14H2,(H,24,25). The Kier molecular flexibility index (Phi) is 4.39. The van der Waals surface area contributed by atoms with Crippen LogP contribution < -0.4 is 10.1 Å². The van der Waals surface area contributed by atoms with Crippen molar-refractivity contribution in [2.24, 2.45) is 0 Å². The van der Waals surface area contributed by atoms with Crippen LogP contribution in [0.15, 0.2) is 85.1 Å². The van der Waals surface area contributed by atoms with Crippen molar-refractivity contribution >= 4 is 22.5 Å². The molecule has 0 aliphatic carbocycles. The van der Waals surface area contributed by atoms with Gasteiger partial charge in [-0.15, -0.1) is 0 Å². The van der Waals surface area contributed by atoms with Gasteiger partial charge in [0.15, 0.2) is 5.75 Å². The Morgan fingerprint density at radius 2 is 1.62 bits per heavy atom. The smallest absolute Gasteiger partial charge is 0.228 e. The highest BCUT2D eigenvalue weighted by molar-refractivity contribution is 5.96. The molecular formula is C22H18N2O2. The first-order valence-corrected chi connectivity index (χ1v) is 8.46. The zero-order valence-corrected chi connectivity index (χ0v) is 14.1.